The van der Waals surface area contributed by atoms with Crippen molar-refractivity contribution in [2.75, 3.05) is 18.1 Å². The van der Waals surface area contributed by atoms with Crippen LogP contribution in [0.3, 0.4) is 0 Å². The van der Waals surface area contributed by atoms with Crippen LogP contribution in [0.5, 0.6) is 0 Å². The van der Waals surface area contributed by atoms with Crippen molar-refractivity contribution in [2.45, 2.75) is 68.3 Å². The van der Waals surface area contributed by atoms with Crippen molar-refractivity contribution in [3.05, 3.63) is 0 Å². The summed E-state index contributed by atoms with van der Waals surface area (Å²) in [6.07, 6.45) is 6.89. The molecule has 0 aromatic rings. The van der Waals surface area contributed by atoms with Crippen LogP contribution in [-0.4, -0.2) is 41.5 Å². The van der Waals surface area contributed by atoms with Crippen LogP contribution in [0.1, 0.15) is 44.9 Å². The van der Waals surface area contributed by atoms with Gasteiger partial charge in [0.05, 0.1) is 5.60 Å². The molecule has 4 atom stereocenters. The van der Waals surface area contributed by atoms with Crippen molar-refractivity contribution in [1.29, 1.82) is 0 Å². The van der Waals surface area contributed by atoms with Gasteiger partial charge in [-0.25, -0.2) is 4.39 Å². The van der Waals surface area contributed by atoms with Gasteiger partial charge >= 0.3 is 0 Å². The molecule has 2 bridgehead atoms. The molecule has 4 rings (SSSR count). The highest BCUT2D eigenvalue weighted by atomic mass is 32.2. The lowest BCUT2D eigenvalue weighted by Crippen LogP contribution is -2.53. The zero-order valence-electron chi connectivity index (χ0n) is 11.5. The van der Waals surface area contributed by atoms with Crippen LogP contribution in [0.4, 0.5) is 4.39 Å². The average Bonchev–Trinajstić information content (AvgIpc) is 2.97. The molecule has 1 N–H and O–H groups in total. The standard InChI is InChI=1S/C15H24FNOS/c16-15(8-12-1-2-13(9-15)17-12)11-3-5-18-14(7-11)4-6-19-10-14/h11-13,17H,1-10H2. The third-order valence-electron chi connectivity index (χ3n) is 5.80. The van der Waals surface area contributed by atoms with E-state index < -0.39 is 5.67 Å². The Morgan fingerprint density at radius 3 is 2.58 bits per heavy atom. The Kier molecular flexibility index (Phi) is 3.13. The summed E-state index contributed by atoms with van der Waals surface area (Å²) in [6, 6.07) is 0.890. The minimum Gasteiger partial charge on any atom is -0.374 e. The van der Waals surface area contributed by atoms with Gasteiger partial charge in [0, 0.05) is 24.4 Å². The Bertz CT molecular complexity index is 346. The molecule has 0 aliphatic carbocycles. The first-order chi connectivity index (χ1) is 9.18. The molecule has 19 heavy (non-hydrogen) atoms. The Balaban J connectivity index is 1.51. The van der Waals surface area contributed by atoms with Crippen molar-refractivity contribution in [3.8, 4) is 0 Å². The monoisotopic (exact) mass is 285 g/mol. The van der Waals surface area contributed by atoms with E-state index in [1.54, 1.807) is 0 Å². The molecule has 1 spiro atoms. The van der Waals surface area contributed by atoms with Gasteiger partial charge in [0.2, 0.25) is 0 Å². The van der Waals surface area contributed by atoms with Crippen LogP contribution in [0, 0.1) is 5.92 Å². The van der Waals surface area contributed by atoms with Gasteiger partial charge in [-0.1, -0.05) is 0 Å². The van der Waals surface area contributed by atoms with Crippen molar-refractivity contribution < 1.29 is 9.13 Å². The number of alkyl halides is 1. The topological polar surface area (TPSA) is 21.3 Å². The van der Waals surface area contributed by atoms with Crippen LogP contribution in [0.15, 0.2) is 0 Å². The molecule has 0 amide bonds. The summed E-state index contributed by atoms with van der Waals surface area (Å²) in [6.45, 7) is 0.777. The van der Waals surface area contributed by atoms with Crippen LogP contribution >= 0.6 is 11.8 Å². The number of nitrogens with one attached hydrogen (secondary N) is 1. The Labute approximate surface area is 119 Å². The fourth-order valence-electron chi connectivity index (χ4n) is 4.79. The number of hydrogen-bond donors (Lipinski definition) is 1. The fourth-order valence-corrected chi connectivity index (χ4v) is 6.17. The van der Waals surface area contributed by atoms with Gasteiger partial charge in [-0.15, -0.1) is 0 Å². The first-order valence-electron chi connectivity index (χ1n) is 7.84. The Morgan fingerprint density at radius 2 is 1.89 bits per heavy atom. The van der Waals surface area contributed by atoms with Crippen molar-refractivity contribution in [3.63, 3.8) is 0 Å². The van der Waals surface area contributed by atoms with Gasteiger partial charge in [-0.3, -0.25) is 0 Å². The second kappa shape index (κ2) is 4.60. The maximum atomic E-state index is 15.5. The quantitative estimate of drug-likeness (QED) is 0.800. The lowest BCUT2D eigenvalue weighted by Gasteiger charge is -2.46. The Hall–Kier alpha value is 0.200. The molecule has 0 radical (unpaired) electrons. The van der Waals surface area contributed by atoms with E-state index in [0.717, 1.165) is 44.5 Å². The highest BCUT2D eigenvalue weighted by molar-refractivity contribution is 7.99. The molecule has 4 aliphatic rings. The van der Waals surface area contributed by atoms with Crippen LogP contribution in [0.2, 0.25) is 0 Å². The molecular weight excluding hydrogens is 261 g/mol. The number of ether oxygens (including phenoxy) is 1. The minimum absolute atomic E-state index is 0.0244. The number of halogens is 1. The second-order valence-corrected chi connectivity index (χ2v) is 8.21. The highest BCUT2D eigenvalue weighted by Gasteiger charge is 2.52. The molecule has 0 aromatic heterocycles. The number of hydrogen-bond acceptors (Lipinski definition) is 3. The van der Waals surface area contributed by atoms with E-state index in [2.05, 4.69) is 5.32 Å². The number of piperidine rings is 1. The van der Waals surface area contributed by atoms with E-state index in [1.165, 1.54) is 18.6 Å². The van der Waals surface area contributed by atoms with Crippen molar-refractivity contribution >= 4 is 11.8 Å². The summed E-state index contributed by atoms with van der Waals surface area (Å²) >= 11 is 1.98. The van der Waals surface area contributed by atoms with Gasteiger partial charge < -0.3 is 10.1 Å². The number of thioether (sulfide) groups is 1. The largest absolute Gasteiger partial charge is 0.374 e. The summed E-state index contributed by atoms with van der Waals surface area (Å²) in [5, 5.41) is 3.57. The Morgan fingerprint density at radius 1 is 1.11 bits per heavy atom. The molecule has 4 unspecified atom stereocenters. The average molecular weight is 285 g/mol. The molecule has 0 aromatic carbocycles. The van der Waals surface area contributed by atoms with Crippen molar-refractivity contribution in [2.24, 2.45) is 5.92 Å². The van der Waals surface area contributed by atoms with E-state index in [0.29, 0.717) is 12.1 Å². The van der Waals surface area contributed by atoms with Gasteiger partial charge in [-0.05, 0) is 56.6 Å². The third kappa shape index (κ3) is 2.24. The maximum Gasteiger partial charge on any atom is 0.117 e. The summed E-state index contributed by atoms with van der Waals surface area (Å²) < 4.78 is 21.6. The zero-order chi connectivity index (χ0) is 12.9. The van der Waals surface area contributed by atoms with Gasteiger partial charge in [0.25, 0.3) is 0 Å². The smallest absolute Gasteiger partial charge is 0.117 e. The lowest BCUT2D eigenvalue weighted by molar-refractivity contribution is -0.119. The second-order valence-electron chi connectivity index (χ2n) is 7.10. The zero-order valence-corrected chi connectivity index (χ0v) is 12.3. The molecule has 0 saturated carbocycles. The molecular formula is C15H24FNOS. The molecule has 4 saturated heterocycles. The molecule has 4 fully saturated rings. The molecule has 108 valence electrons. The molecule has 2 nitrogen and oxygen atoms in total. The van der Waals surface area contributed by atoms with Gasteiger partial charge in [-0.2, -0.15) is 11.8 Å². The molecule has 4 heterocycles. The van der Waals surface area contributed by atoms with Gasteiger partial charge in [0.15, 0.2) is 0 Å². The molecule has 4 heteroatoms. The van der Waals surface area contributed by atoms with E-state index in [4.69, 9.17) is 4.74 Å². The summed E-state index contributed by atoms with van der Waals surface area (Å²) in [5.41, 5.74) is -0.891. The fraction of sp³-hybridized carbons (Fsp3) is 1.00. The van der Waals surface area contributed by atoms with E-state index in [-0.39, 0.29) is 11.5 Å². The maximum absolute atomic E-state index is 15.5. The van der Waals surface area contributed by atoms with E-state index in [9.17, 15) is 0 Å². The number of rotatable bonds is 1. The predicted octanol–water partition coefficient (Wildman–Crippen LogP) is 2.91. The van der Waals surface area contributed by atoms with E-state index >= 15 is 4.39 Å². The van der Waals surface area contributed by atoms with Crippen LogP contribution < -0.4 is 5.32 Å². The third-order valence-corrected chi connectivity index (χ3v) is 7.02. The number of fused-ring (bicyclic) bond motifs is 2. The first kappa shape index (κ1) is 12.9. The normalized spacial score (nSPS) is 53.8. The first-order valence-corrected chi connectivity index (χ1v) is 9.00. The van der Waals surface area contributed by atoms with Crippen molar-refractivity contribution in [1.82, 2.24) is 5.32 Å². The summed E-state index contributed by atoms with van der Waals surface area (Å²) in [5.74, 6) is 2.52. The summed E-state index contributed by atoms with van der Waals surface area (Å²) in [7, 11) is 0. The van der Waals surface area contributed by atoms with Gasteiger partial charge in [0.1, 0.15) is 5.67 Å². The predicted molar refractivity (Wildman–Crippen MR) is 76.4 cm³/mol. The minimum atomic E-state index is -0.916. The van der Waals surface area contributed by atoms with Crippen LogP contribution in [0.25, 0.3) is 0 Å². The molecule has 4 aliphatic heterocycles. The van der Waals surface area contributed by atoms with E-state index in [1.807, 2.05) is 11.8 Å². The van der Waals surface area contributed by atoms with Crippen LogP contribution in [-0.2, 0) is 4.74 Å². The highest BCUT2D eigenvalue weighted by Crippen LogP contribution is 2.49. The summed E-state index contributed by atoms with van der Waals surface area (Å²) in [4.78, 5) is 0. The SMILES string of the molecule is FC1(C2CCOC3(CCSC3)C2)CC2CCC(C1)N2. The lowest BCUT2D eigenvalue weighted by atomic mass is 9.71.